The second-order valence-electron chi connectivity index (χ2n) is 8.32. The second-order valence-corrected chi connectivity index (χ2v) is 19.5. The molecule has 0 aliphatic heterocycles. The van der Waals surface area contributed by atoms with E-state index in [1.54, 1.807) is 0 Å². The summed E-state index contributed by atoms with van der Waals surface area (Å²) in [6.07, 6.45) is 2.15. The molecular formula is C24H30N4O8S2Se2. The van der Waals surface area contributed by atoms with Crippen molar-refractivity contribution in [1.82, 2.24) is 9.44 Å². The van der Waals surface area contributed by atoms with E-state index in [1.807, 2.05) is 9.44 Å². The predicted molar refractivity (Wildman–Crippen MR) is 152 cm³/mol. The van der Waals surface area contributed by atoms with Crippen LogP contribution in [0.4, 0.5) is 11.4 Å². The van der Waals surface area contributed by atoms with Gasteiger partial charge in [-0.2, -0.15) is 0 Å². The molecule has 0 radical (unpaired) electrons. The molecule has 0 aromatic heterocycles. The summed E-state index contributed by atoms with van der Waals surface area (Å²) in [7, 11) is -7.84. The monoisotopic (exact) mass is 726 g/mol. The first-order valence-electron chi connectivity index (χ1n) is 11.9. The third-order valence-electron chi connectivity index (χ3n) is 4.80. The number of sulfonamides is 2. The van der Waals surface area contributed by atoms with Crippen LogP contribution in [-0.4, -0.2) is 66.7 Å². The van der Waals surface area contributed by atoms with E-state index in [4.69, 9.17) is 0 Å². The van der Waals surface area contributed by atoms with E-state index in [-0.39, 0.29) is 21.6 Å². The van der Waals surface area contributed by atoms with Crippen molar-refractivity contribution in [3.63, 3.8) is 0 Å². The van der Waals surface area contributed by atoms with Crippen LogP contribution in [0.25, 0.3) is 0 Å². The standard InChI is InChI=1S/C24H30N4O8S2Se2/c1-17(29)27-37(33,34)21-11-7-19(8-12-21)25-23(31)5-3-15-39-40-16-4-6-24(32)26-20-9-13-22(14-10-20)38(35,36)28-18(2)30/h7-14H,3-6,15-16H2,1-2H3,(H,25,31)(H,26,32)(H,27,29)(H,28,30). The first-order chi connectivity index (χ1) is 18.8. The Kier molecular flexibility index (Phi) is 13.3. The van der Waals surface area contributed by atoms with Gasteiger partial charge >= 0.3 is 222 Å². The normalized spacial score (nSPS) is 11.3. The predicted octanol–water partition coefficient (Wildman–Crippen LogP) is 1.63. The van der Waals surface area contributed by atoms with E-state index >= 15 is 0 Å². The molecule has 2 aromatic carbocycles. The summed E-state index contributed by atoms with van der Waals surface area (Å²) in [6, 6.07) is 11.1. The van der Waals surface area contributed by atoms with Crippen LogP contribution in [0.3, 0.4) is 0 Å². The molecule has 0 saturated heterocycles. The van der Waals surface area contributed by atoms with Crippen LogP contribution in [0.15, 0.2) is 58.3 Å². The SMILES string of the molecule is CC(=O)NS(=O)(=O)c1ccc(NC(=O)CCC[Se][Se]CCCC(=O)Nc2ccc(S(=O)(=O)NC(C)=O)cc2)cc1. The van der Waals surface area contributed by atoms with Crippen LogP contribution >= 0.6 is 0 Å². The van der Waals surface area contributed by atoms with Gasteiger partial charge in [0.15, 0.2) is 0 Å². The number of carbonyl (C=O) groups is 4. The number of anilines is 2. The molecule has 0 fully saturated rings. The summed E-state index contributed by atoms with van der Waals surface area (Å²) < 4.78 is 51.6. The van der Waals surface area contributed by atoms with Gasteiger partial charge in [0.2, 0.25) is 0 Å². The minimum atomic E-state index is -3.92. The van der Waals surface area contributed by atoms with Gasteiger partial charge in [0.25, 0.3) is 0 Å². The van der Waals surface area contributed by atoms with Crippen LogP contribution in [0.1, 0.15) is 39.5 Å². The Hall–Kier alpha value is -2.74. The Morgan fingerprint density at radius 2 is 0.925 bits per heavy atom. The molecule has 0 saturated carbocycles. The fourth-order valence-electron chi connectivity index (χ4n) is 3.08. The molecule has 0 unspecified atom stereocenters. The second kappa shape index (κ2) is 15.9. The fraction of sp³-hybridized carbons (Fsp3) is 0.333. The Bertz CT molecular complexity index is 1310. The number of hydrogen-bond donors (Lipinski definition) is 4. The van der Waals surface area contributed by atoms with Crippen LogP contribution in [0.5, 0.6) is 0 Å². The molecule has 40 heavy (non-hydrogen) atoms. The zero-order valence-electron chi connectivity index (χ0n) is 21.8. The Balaban J connectivity index is 1.58. The van der Waals surface area contributed by atoms with Gasteiger partial charge in [-0.15, -0.1) is 0 Å². The molecule has 0 aliphatic rings. The number of carbonyl (C=O) groups excluding carboxylic acids is 4. The van der Waals surface area contributed by atoms with Crippen molar-refractivity contribution >= 4 is 81.3 Å². The number of nitrogens with one attached hydrogen (secondary N) is 4. The first-order valence-corrected chi connectivity index (χ1v) is 21.6. The number of rotatable bonds is 15. The van der Waals surface area contributed by atoms with Crippen molar-refractivity contribution in [2.24, 2.45) is 0 Å². The molecule has 2 aromatic rings. The molecule has 0 spiro atoms. The van der Waals surface area contributed by atoms with Crippen molar-refractivity contribution < 1.29 is 36.0 Å². The van der Waals surface area contributed by atoms with Gasteiger partial charge in [0, 0.05) is 13.8 Å². The summed E-state index contributed by atoms with van der Waals surface area (Å²) in [6.45, 7) is 2.21. The fourth-order valence-corrected chi connectivity index (χ4v) is 11.8. The van der Waals surface area contributed by atoms with E-state index in [2.05, 4.69) is 10.6 Å². The third kappa shape index (κ3) is 12.2. The summed E-state index contributed by atoms with van der Waals surface area (Å²) in [5, 5.41) is 7.32. The van der Waals surface area contributed by atoms with Crippen molar-refractivity contribution in [2.45, 2.75) is 60.0 Å². The number of benzene rings is 2. The van der Waals surface area contributed by atoms with Crippen LogP contribution < -0.4 is 20.1 Å². The number of hydrogen-bond acceptors (Lipinski definition) is 8. The average Bonchev–Trinajstić information content (AvgIpc) is 2.85. The van der Waals surface area contributed by atoms with Crippen molar-refractivity contribution in [1.29, 1.82) is 0 Å². The van der Waals surface area contributed by atoms with Crippen molar-refractivity contribution in [2.75, 3.05) is 10.6 Å². The molecule has 218 valence electrons. The van der Waals surface area contributed by atoms with Crippen LogP contribution in [-0.2, 0) is 39.2 Å². The molecule has 0 heterocycles. The molecular weight excluding hydrogens is 694 g/mol. The molecule has 4 amide bonds. The summed E-state index contributed by atoms with van der Waals surface area (Å²) in [4.78, 5) is 46.1. The van der Waals surface area contributed by atoms with Crippen LogP contribution in [0, 0.1) is 0 Å². The van der Waals surface area contributed by atoms with Gasteiger partial charge in [-0.3, -0.25) is 9.59 Å². The summed E-state index contributed by atoms with van der Waals surface area (Å²) >= 11 is 0.803. The van der Waals surface area contributed by atoms with Crippen molar-refractivity contribution in [3.05, 3.63) is 48.5 Å². The molecule has 2 rings (SSSR count). The molecule has 0 bridgehead atoms. The van der Waals surface area contributed by atoms with Gasteiger partial charge in [-0.25, -0.2) is 0 Å². The van der Waals surface area contributed by atoms with E-state index in [9.17, 15) is 36.0 Å². The molecule has 0 aliphatic carbocycles. The third-order valence-corrected chi connectivity index (χ3v) is 15.4. The Morgan fingerprint density at radius 3 is 1.23 bits per heavy atom. The van der Waals surface area contributed by atoms with Gasteiger partial charge in [-0.1, -0.05) is 0 Å². The minimum absolute atomic E-state index is 0.0744. The zero-order valence-corrected chi connectivity index (χ0v) is 26.8. The van der Waals surface area contributed by atoms with Crippen LogP contribution in [0.2, 0.25) is 10.6 Å². The van der Waals surface area contributed by atoms with Gasteiger partial charge < -0.3 is 0 Å². The topological polar surface area (TPSA) is 185 Å². The molecule has 12 nitrogen and oxygen atoms in total. The number of amides is 4. The molecule has 4 N–H and O–H groups in total. The Morgan fingerprint density at radius 1 is 0.600 bits per heavy atom. The van der Waals surface area contributed by atoms with Gasteiger partial charge in [0.05, 0.1) is 0 Å². The maximum absolute atomic E-state index is 12.1. The average molecular weight is 725 g/mol. The Labute approximate surface area is 244 Å². The van der Waals surface area contributed by atoms with Gasteiger partial charge in [-0.05, 0) is 0 Å². The first kappa shape index (κ1) is 33.5. The maximum atomic E-state index is 12.1. The quantitative estimate of drug-likeness (QED) is 0.158. The van der Waals surface area contributed by atoms with E-state index < -0.39 is 31.9 Å². The van der Waals surface area contributed by atoms with E-state index in [0.29, 0.717) is 50.5 Å². The van der Waals surface area contributed by atoms with Gasteiger partial charge in [0.1, 0.15) is 0 Å². The van der Waals surface area contributed by atoms with E-state index in [1.165, 1.54) is 48.5 Å². The molecule has 16 heteroatoms. The summed E-state index contributed by atoms with van der Waals surface area (Å²) in [5.41, 5.74) is 0.927. The van der Waals surface area contributed by atoms with Crippen molar-refractivity contribution in [3.8, 4) is 0 Å². The summed E-state index contributed by atoms with van der Waals surface area (Å²) in [5.74, 6) is -1.71. The molecule has 0 atom stereocenters. The zero-order chi connectivity index (χ0) is 29.8. The van der Waals surface area contributed by atoms with E-state index in [0.717, 1.165) is 37.3 Å².